The van der Waals surface area contributed by atoms with Gasteiger partial charge in [-0.3, -0.25) is 18.2 Å². The predicted octanol–water partition coefficient (Wildman–Crippen LogP) is 2.10. The molecular formula is C27H22ClN7Na4O16S5. The largest absolute Gasteiger partial charge is 0.505 e. The molecule has 0 bridgehead atoms. The van der Waals surface area contributed by atoms with Crippen molar-refractivity contribution in [3.05, 3.63) is 72.0 Å². The Balaban J connectivity index is 0.00000450. The Morgan fingerprint density at radius 2 is 1.25 bits per heavy atom. The molecular weight excluding hydrogens is 966 g/mol. The second-order valence-electron chi connectivity index (χ2n) is 10.8. The zero-order valence-corrected chi connectivity index (χ0v) is 44.0. The number of rotatable bonds is 14. The number of azo groups is 1. The monoisotopic (exact) mass is 987 g/mol. The number of fused-ring (bicyclic) bond motifs is 1. The molecule has 4 radical (unpaired) electrons. The number of hydrogen-bond acceptors (Lipinski definition) is 19. The second-order valence-corrected chi connectivity index (χ2v) is 18.6. The number of phenols is 1. The van der Waals surface area contributed by atoms with Gasteiger partial charge in [-0.25, -0.2) is 12.6 Å². The number of halogens is 1. The third-order valence-electron chi connectivity index (χ3n) is 6.99. The van der Waals surface area contributed by atoms with E-state index in [0.717, 1.165) is 30.3 Å². The normalized spacial score (nSPS) is 12.1. The van der Waals surface area contributed by atoms with Crippen molar-refractivity contribution >= 4 is 226 Å². The number of nitrogens with zero attached hydrogens (tertiary/aromatic N) is 5. The first-order valence-corrected chi connectivity index (χ1v) is 22.2. The second kappa shape index (κ2) is 22.3. The molecule has 0 saturated heterocycles. The SMILES string of the molecule is O=S(=O)(O)OCCS(=O)(=O)c1cccc(Nc2nc(Cl)nc(Nc3cc(S(=O)(=O)O)cc4cc(S(=O)(=O)O)c(N=Nc5ccccc5S(=O)(=O)O)c(O)c34)n2)c1.[Na].[Na].[Na].[Na]. The minimum atomic E-state index is -5.33. The van der Waals surface area contributed by atoms with E-state index in [1.165, 1.54) is 24.3 Å². The molecule has 0 aliphatic carbocycles. The van der Waals surface area contributed by atoms with E-state index < -0.39 is 122 Å². The summed E-state index contributed by atoms with van der Waals surface area (Å²) in [6, 6.07) is 11.5. The molecule has 0 spiro atoms. The summed E-state index contributed by atoms with van der Waals surface area (Å²) in [7, 11) is -24.4. The van der Waals surface area contributed by atoms with Gasteiger partial charge in [-0.05, 0) is 65.5 Å². The molecule has 4 aromatic carbocycles. The molecule has 0 saturated carbocycles. The van der Waals surface area contributed by atoms with Crippen LogP contribution in [-0.4, -0.2) is 211 Å². The standard InChI is InChI=1S/C27H22ClN7O16S5.4Na/c28-25-31-26(29-15-4-3-5-16(12-15)52(37,38)9-8-51-56(48,49)50)33-27(32-25)30-19-13-17(53(39,40)41)10-14-11-21(55(45,46)47)23(24(36)22(14)19)35-34-18-6-1-2-7-20(18)54(42,43)44;;;;/h1-7,10-13,36H,8-9H2,(H,39,40,41)(H,42,43,44)(H,45,46,47)(H,48,49,50)(H2,29,30,31,32,33);;;;. The van der Waals surface area contributed by atoms with Gasteiger partial charge in [0.15, 0.2) is 15.6 Å². The topological polar surface area (TPSA) is 369 Å². The van der Waals surface area contributed by atoms with E-state index in [4.69, 9.17) is 16.2 Å². The van der Waals surface area contributed by atoms with Gasteiger partial charge in [-0.2, -0.15) is 48.6 Å². The van der Waals surface area contributed by atoms with Crippen LogP contribution >= 0.6 is 11.6 Å². The van der Waals surface area contributed by atoms with E-state index in [0.29, 0.717) is 12.1 Å². The van der Waals surface area contributed by atoms with Crippen LogP contribution < -0.4 is 10.6 Å². The fraction of sp³-hybridized carbons (Fsp3) is 0.0741. The molecule has 0 aliphatic rings. The predicted molar refractivity (Wildman–Crippen MR) is 216 cm³/mol. The number of aromatic hydroxyl groups is 1. The third kappa shape index (κ3) is 15.0. The van der Waals surface area contributed by atoms with Gasteiger partial charge in [0.05, 0.1) is 27.8 Å². The van der Waals surface area contributed by atoms with Crippen LogP contribution in [0.4, 0.5) is 34.6 Å². The maximum atomic E-state index is 12.7. The summed E-state index contributed by atoms with van der Waals surface area (Å²) in [5.41, 5.74) is -2.01. The Hall–Kier alpha value is -1.01. The maximum Gasteiger partial charge on any atom is 0.397 e. The van der Waals surface area contributed by atoms with E-state index in [-0.39, 0.29) is 135 Å². The van der Waals surface area contributed by atoms with Crippen LogP contribution in [0.5, 0.6) is 5.75 Å². The van der Waals surface area contributed by atoms with Crippen molar-refractivity contribution in [1.82, 2.24) is 15.0 Å². The fourth-order valence-corrected chi connectivity index (χ4v) is 8.22. The molecule has 0 atom stereocenters. The van der Waals surface area contributed by atoms with Crippen LogP contribution in [0.2, 0.25) is 5.28 Å². The van der Waals surface area contributed by atoms with Crippen molar-refractivity contribution in [2.45, 2.75) is 19.6 Å². The Morgan fingerprint density at radius 1 is 0.650 bits per heavy atom. The van der Waals surface area contributed by atoms with Gasteiger partial charge >= 0.3 is 10.4 Å². The molecule has 0 fully saturated rings. The van der Waals surface area contributed by atoms with Crippen LogP contribution in [-0.2, 0) is 54.8 Å². The summed E-state index contributed by atoms with van der Waals surface area (Å²) < 4.78 is 162. The van der Waals surface area contributed by atoms with Gasteiger partial charge < -0.3 is 15.7 Å². The quantitative estimate of drug-likeness (QED) is 0.0476. The van der Waals surface area contributed by atoms with Gasteiger partial charge in [0.25, 0.3) is 30.4 Å². The van der Waals surface area contributed by atoms with Crippen LogP contribution in [0, 0.1) is 0 Å². The summed E-state index contributed by atoms with van der Waals surface area (Å²) in [6.45, 7) is -0.899. The van der Waals surface area contributed by atoms with Crippen LogP contribution in [0.25, 0.3) is 10.8 Å². The van der Waals surface area contributed by atoms with Crippen molar-refractivity contribution in [3.63, 3.8) is 0 Å². The van der Waals surface area contributed by atoms with Crippen molar-refractivity contribution in [1.29, 1.82) is 0 Å². The number of anilines is 4. The average Bonchev–Trinajstić information content (AvgIpc) is 3.05. The molecule has 1 heterocycles. The summed E-state index contributed by atoms with van der Waals surface area (Å²) in [5.74, 6) is -2.86. The number of sulfone groups is 1. The summed E-state index contributed by atoms with van der Waals surface area (Å²) in [5, 5.41) is 22.3. The molecule has 5 aromatic rings. The molecule has 23 nitrogen and oxygen atoms in total. The molecule has 7 N–H and O–H groups in total. The van der Waals surface area contributed by atoms with E-state index in [2.05, 4.69) is 40.0 Å². The first kappa shape index (κ1) is 57.0. The molecule has 0 unspecified atom stereocenters. The number of nitrogens with one attached hydrogen (secondary N) is 2. The maximum absolute atomic E-state index is 12.7. The van der Waals surface area contributed by atoms with Gasteiger partial charge in [0.2, 0.25) is 17.2 Å². The zero-order valence-electron chi connectivity index (χ0n) is 31.1. The Labute approximate surface area is 434 Å². The molecule has 5 rings (SSSR count). The summed E-state index contributed by atoms with van der Waals surface area (Å²) >= 11 is 6.08. The number of benzene rings is 4. The zero-order chi connectivity index (χ0) is 41.4. The van der Waals surface area contributed by atoms with E-state index in [1.807, 2.05) is 0 Å². The smallest absolute Gasteiger partial charge is 0.397 e. The average molecular weight is 988 g/mol. The van der Waals surface area contributed by atoms with Gasteiger partial charge in [-0.1, -0.05) is 18.2 Å². The van der Waals surface area contributed by atoms with Crippen molar-refractivity contribution in [2.75, 3.05) is 23.0 Å². The van der Waals surface area contributed by atoms with Gasteiger partial charge in [0.1, 0.15) is 21.2 Å². The molecule has 0 aliphatic heterocycles. The first-order valence-electron chi connectivity index (χ1n) is 14.5. The number of aromatic nitrogens is 3. The Kier molecular flexibility index (Phi) is 21.1. The van der Waals surface area contributed by atoms with Crippen LogP contribution in [0.3, 0.4) is 0 Å². The van der Waals surface area contributed by atoms with E-state index in [9.17, 15) is 60.9 Å². The molecule has 60 heavy (non-hydrogen) atoms. The van der Waals surface area contributed by atoms with Crippen molar-refractivity contribution in [3.8, 4) is 5.75 Å². The number of phenolic OH excluding ortho intramolecular Hbond substituents is 1. The van der Waals surface area contributed by atoms with E-state index in [1.54, 1.807) is 0 Å². The summed E-state index contributed by atoms with van der Waals surface area (Å²) in [4.78, 5) is 8.63. The Bertz CT molecular complexity index is 3030. The first-order chi connectivity index (χ1) is 25.8. The van der Waals surface area contributed by atoms with Crippen LogP contribution in [0.15, 0.2) is 96.5 Å². The number of hydrogen-bond donors (Lipinski definition) is 7. The van der Waals surface area contributed by atoms with E-state index >= 15 is 0 Å². The molecule has 1 aromatic heterocycles. The minimum Gasteiger partial charge on any atom is -0.505 e. The molecule has 302 valence electrons. The van der Waals surface area contributed by atoms with Crippen LogP contribution in [0.1, 0.15) is 0 Å². The van der Waals surface area contributed by atoms with Crippen molar-refractivity contribution in [2.24, 2.45) is 10.2 Å². The molecule has 0 amide bonds. The fourth-order valence-electron chi connectivity index (χ4n) is 4.71. The van der Waals surface area contributed by atoms with Gasteiger partial charge in [0, 0.05) is 129 Å². The molecule has 33 heteroatoms. The summed E-state index contributed by atoms with van der Waals surface area (Å²) in [6.07, 6.45) is 0. The minimum absolute atomic E-state index is 0. The Morgan fingerprint density at radius 3 is 1.83 bits per heavy atom. The van der Waals surface area contributed by atoms with Gasteiger partial charge in [-0.15, -0.1) is 10.2 Å². The third-order valence-corrected chi connectivity index (χ3v) is 11.9. The van der Waals surface area contributed by atoms with Crippen molar-refractivity contribution < 1.29 is 69.6 Å².